The molecule has 0 bridgehead atoms. The largest absolute Gasteiger partial charge is 0.355 e. The summed E-state index contributed by atoms with van der Waals surface area (Å²) in [5.74, 6) is 1.48. The number of rotatable bonds is 4. The molecule has 2 fully saturated rings. The van der Waals surface area contributed by atoms with E-state index in [1.165, 1.54) is 0 Å². The Balaban J connectivity index is 1.54. The number of likely N-dealkylation sites (tertiary alicyclic amines) is 1. The van der Waals surface area contributed by atoms with Gasteiger partial charge in [-0.15, -0.1) is 0 Å². The fourth-order valence-electron chi connectivity index (χ4n) is 4.15. The van der Waals surface area contributed by atoms with Gasteiger partial charge in [0.15, 0.2) is 0 Å². The molecule has 0 radical (unpaired) electrons. The van der Waals surface area contributed by atoms with E-state index in [9.17, 15) is 4.79 Å². The fourth-order valence-corrected chi connectivity index (χ4v) is 4.15. The molecule has 2 saturated heterocycles. The van der Waals surface area contributed by atoms with E-state index in [1.54, 1.807) is 17.1 Å². The molecule has 4 rings (SSSR count). The summed E-state index contributed by atoms with van der Waals surface area (Å²) < 4.78 is 1.73. The van der Waals surface area contributed by atoms with Gasteiger partial charge in [-0.1, -0.05) is 13.8 Å². The normalized spacial score (nSPS) is 28.3. The summed E-state index contributed by atoms with van der Waals surface area (Å²) in [5, 5.41) is 7.33. The topological polar surface area (TPSA) is 79.2 Å². The van der Waals surface area contributed by atoms with Crippen molar-refractivity contribution in [2.75, 3.05) is 36.4 Å². The Hall–Kier alpha value is -2.64. The Bertz CT molecular complexity index is 786. The Labute approximate surface area is 146 Å². The number of carbonyl (C=O) groups excluding carboxylic acids is 1. The van der Waals surface area contributed by atoms with Crippen molar-refractivity contribution in [2.24, 2.45) is 17.9 Å². The van der Waals surface area contributed by atoms with Gasteiger partial charge in [0.05, 0.1) is 11.9 Å². The minimum absolute atomic E-state index is 0.0792. The van der Waals surface area contributed by atoms with Crippen molar-refractivity contribution in [3.05, 3.63) is 24.7 Å². The Kier molecular flexibility index (Phi) is 3.45. The standard InChI is InChI=1S/C17H23N7O/c1-16-8-23(12-25)9-17(16,2)11-24(10-16)14-4-5-18-15(21-14)20-13-6-19-22(3)7-13/h4-7,12H,8-11H2,1-3H3,(H,18,20,21)/t16-,17+. The number of nitrogens with one attached hydrogen (secondary N) is 1. The SMILES string of the molecule is Cn1cc(Nc2nccc(N3C[C@]4(C)CN(C=O)C[C@]4(C)C3)n2)cn1. The van der Waals surface area contributed by atoms with Crippen LogP contribution >= 0.6 is 0 Å². The summed E-state index contributed by atoms with van der Waals surface area (Å²) in [7, 11) is 1.87. The third-order valence-corrected chi connectivity index (χ3v) is 5.72. The highest BCUT2D eigenvalue weighted by Gasteiger charge is 2.57. The first-order valence-corrected chi connectivity index (χ1v) is 8.44. The van der Waals surface area contributed by atoms with Gasteiger partial charge in [0.1, 0.15) is 5.82 Å². The summed E-state index contributed by atoms with van der Waals surface area (Å²) in [4.78, 5) is 24.3. The van der Waals surface area contributed by atoms with Crippen LogP contribution in [-0.4, -0.2) is 57.2 Å². The predicted molar refractivity (Wildman–Crippen MR) is 94.6 cm³/mol. The number of carbonyl (C=O) groups is 1. The lowest BCUT2D eigenvalue weighted by molar-refractivity contribution is -0.117. The van der Waals surface area contributed by atoms with Gasteiger partial charge in [-0.25, -0.2) is 4.98 Å². The zero-order valence-electron chi connectivity index (χ0n) is 14.8. The number of aryl methyl sites for hydroxylation is 1. The second-order valence-electron chi connectivity index (χ2n) is 7.75. The molecule has 2 aromatic rings. The van der Waals surface area contributed by atoms with Crippen molar-refractivity contribution >= 4 is 23.9 Å². The van der Waals surface area contributed by atoms with Gasteiger partial charge in [-0.3, -0.25) is 9.48 Å². The smallest absolute Gasteiger partial charge is 0.229 e. The zero-order chi connectivity index (χ0) is 17.7. The van der Waals surface area contributed by atoms with Crippen molar-refractivity contribution in [1.82, 2.24) is 24.6 Å². The van der Waals surface area contributed by atoms with E-state index in [-0.39, 0.29) is 10.8 Å². The van der Waals surface area contributed by atoms with Gasteiger partial charge in [-0.05, 0) is 6.07 Å². The van der Waals surface area contributed by atoms with Gasteiger partial charge < -0.3 is 15.1 Å². The summed E-state index contributed by atoms with van der Waals surface area (Å²) >= 11 is 0. The predicted octanol–water partition coefficient (Wildman–Crippen LogP) is 1.26. The lowest BCUT2D eigenvalue weighted by atomic mass is 9.71. The highest BCUT2D eigenvalue weighted by atomic mass is 16.1. The van der Waals surface area contributed by atoms with Crippen LogP contribution in [0.1, 0.15) is 13.8 Å². The summed E-state index contributed by atoms with van der Waals surface area (Å²) in [6.45, 7) is 7.91. The molecular weight excluding hydrogens is 318 g/mol. The first-order chi connectivity index (χ1) is 11.9. The lowest BCUT2D eigenvalue weighted by Crippen LogP contribution is -2.34. The molecule has 25 heavy (non-hydrogen) atoms. The fraction of sp³-hybridized carbons (Fsp3) is 0.529. The van der Waals surface area contributed by atoms with E-state index in [2.05, 4.69) is 39.1 Å². The van der Waals surface area contributed by atoms with Crippen molar-refractivity contribution in [3.63, 3.8) is 0 Å². The quantitative estimate of drug-likeness (QED) is 0.844. The Morgan fingerprint density at radius 1 is 1.20 bits per heavy atom. The first kappa shape index (κ1) is 15.9. The van der Waals surface area contributed by atoms with Gasteiger partial charge in [0.25, 0.3) is 0 Å². The van der Waals surface area contributed by atoms with Gasteiger partial charge in [-0.2, -0.15) is 10.1 Å². The number of nitrogens with zero attached hydrogens (tertiary/aromatic N) is 6. The van der Waals surface area contributed by atoms with Crippen molar-refractivity contribution in [2.45, 2.75) is 13.8 Å². The molecule has 2 aliphatic rings. The third kappa shape index (κ3) is 2.61. The van der Waals surface area contributed by atoms with Crippen LogP contribution in [0.25, 0.3) is 0 Å². The molecule has 2 atom stereocenters. The second kappa shape index (κ2) is 5.44. The van der Waals surface area contributed by atoms with Gasteiger partial charge in [0.2, 0.25) is 12.4 Å². The molecule has 8 nitrogen and oxygen atoms in total. The van der Waals surface area contributed by atoms with Crippen LogP contribution in [0.3, 0.4) is 0 Å². The maximum absolute atomic E-state index is 11.2. The number of amides is 1. The first-order valence-electron chi connectivity index (χ1n) is 8.44. The summed E-state index contributed by atoms with van der Waals surface area (Å²) in [6.07, 6.45) is 6.37. The summed E-state index contributed by atoms with van der Waals surface area (Å²) in [5.41, 5.74) is 1.02. The number of aromatic nitrogens is 4. The molecule has 4 heterocycles. The maximum Gasteiger partial charge on any atom is 0.229 e. The average molecular weight is 341 g/mol. The minimum Gasteiger partial charge on any atom is -0.355 e. The number of fused-ring (bicyclic) bond motifs is 1. The number of hydrogen-bond donors (Lipinski definition) is 1. The van der Waals surface area contributed by atoms with E-state index in [1.807, 2.05) is 24.2 Å². The van der Waals surface area contributed by atoms with E-state index in [4.69, 9.17) is 0 Å². The van der Waals surface area contributed by atoms with E-state index < -0.39 is 0 Å². The number of anilines is 3. The van der Waals surface area contributed by atoms with Crippen molar-refractivity contribution in [3.8, 4) is 0 Å². The molecule has 1 amide bonds. The van der Waals surface area contributed by atoms with Crippen LogP contribution in [0.15, 0.2) is 24.7 Å². The summed E-state index contributed by atoms with van der Waals surface area (Å²) in [6, 6.07) is 1.94. The van der Waals surface area contributed by atoms with Crippen LogP contribution < -0.4 is 10.2 Å². The Morgan fingerprint density at radius 2 is 1.92 bits per heavy atom. The zero-order valence-corrected chi connectivity index (χ0v) is 14.8. The molecule has 8 heteroatoms. The molecular formula is C17H23N7O. The maximum atomic E-state index is 11.2. The molecule has 0 unspecified atom stereocenters. The van der Waals surface area contributed by atoms with Crippen LogP contribution in [-0.2, 0) is 11.8 Å². The molecule has 1 N–H and O–H groups in total. The van der Waals surface area contributed by atoms with E-state index in [0.717, 1.165) is 44.1 Å². The highest BCUT2D eigenvalue weighted by molar-refractivity contribution is 5.54. The minimum atomic E-state index is 0.0792. The second-order valence-corrected chi connectivity index (χ2v) is 7.75. The van der Waals surface area contributed by atoms with Gasteiger partial charge >= 0.3 is 0 Å². The molecule has 0 saturated carbocycles. The molecule has 2 aliphatic heterocycles. The monoisotopic (exact) mass is 341 g/mol. The molecule has 0 aromatic carbocycles. The molecule has 2 aromatic heterocycles. The van der Waals surface area contributed by atoms with Crippen LogP contribution in [0.5, 0.6) is 0 Å². The highest BCUT2D eigenvalue weighted by Crippen LogP contribution is 2.51. The molecule has 132 valence electrons. The van der Waals surface area contributed by atoms with Crippen LogP contribution in [0.4, 0.5) is 17.5 Å². The van der Waals surface area contributed by atoms with Crippen LogP contribution in [0, 0.1) is 10.8 Å². The van der Waals surface area contributed by atoms with Crippen molar-refractivity contribution in [1.29, 1.82) is 0 Å². The molecule has 0 aliphatic carbocycles. The number of hydrogen-bond acceptors (Lipinski definition) is 6. The van der Waals surface area contributed by atoms with E-state index in [0.29, 0.717) is 5.95 Å². The van der Waals surface area contributed by atoms with Crippen molar-refractivity contribution < 1.29 is 4.79 Å². The van der Waals surface area contributed by atoms with Crippen LogP contribution in [0.2, 0.25) is 0 Å². The Morgan fingerprint density at radius 3 is 2.52 bits per heavy atom. The average Bonchev–Trinajstić information content (AvgIpc) is 3.15. The lowest BCUT2D eigenvalue weighted by Gasteiger charge is -2.29. The van der Waals surface area contributed by atoms with Gasteiger partial charge in [0, 0.05) is 56.5 Å². The third-order valence-electron chi connectivity index (χ3n) is 5.72. The molecule has 0 spiro atoms. The van der Waals surface area contributed by atoms with E-state index >= 15 is 0 Å².